The fourth-order valence-corrected chi connectivity index (χ4v) is 3.27. The van der Waals surface area contributed by atoms with Crippen LogP contribution < -0.4 is 0 Å². The first-order valence-electron chi connectivity index (χ1n) is 5.12. The van der Waals surface area contributed by atoms with Crippen molar-refractivity contribution in [3.05, 3.63) is 51.2 Å². The lowest BCUT2D eigenvalue weighted by Gasteiger charge is -2.01. The number of Topliss-reactive ketones (excluding diaryl/α,β-unsaturated/α-hetero) is 1. The Labute approximate surface area is 114 Å². The Kier molecular flexibility index (Phi) is 4.26. The normalized spacial score (nSPS) is 10.5. The minimum atomic E-state index is 0.175. The number of thioether (sulfide) groups is 1. The zero-order valence-corrected chi connectivity index (χ0v) is 11.7. The number of rotatable bonds is 4. The molecule has 0 spiro atoms. The molecule has 0 aliphatic carbocycles. The third kappa shape index (κ3) is 3.35. The summed E-state index contributed by atoms with van der Waals surface area (Å²) in [6.07, 6.45) is 0. The Hall–Kier alpha value is -0.770. The minimum absolute atomic E-state index is 0.175. The average molecular weight is 283 g/mol. The zero-order valence-electron chi connectivity index (χ0n) is 9.27. The molecule has 1 aromatic carbocycles. The smallest absolute Gasteiger partial charge is 0.174 e. The van der Waals surface area contributed by atoms with Crippen LogP contribution in [0.4, 0.5) is 0 Å². The van der Waals surface area contributed by atoms with Crippen LogP contribution >= 0.6 is 34.7 Å². The van der Waals surface area contributed by atoms with Crippen molar-refractivity contribution in [2.24, 2.45) is 0 Å². The maximum Gasteiger partial charge on any atom is 0.174 e. The summed E-state index contributed by atoms with van der Waals surface area (Å²) in [7, 11) is 0. The Bertz CT molecular complexity index is 534. The SMILES string of the molecule is Cc1sccc1C(=O)CSc1cccc(Cl)c1. The second kappa shape index (κ2) is 5.71. The van der Waals surface area contributed by atoms with Gasteiger partial charge in [0.2, 0.25) is 0 Å². The van der Waals surface area contributed by atoms with Crippen molar-refractivity contribution in [1.82, 2.24) is 0 Å². The Morgan fingerprint density at radius 3 is 2.88 bits per heavy atom. The van der Waals surface area contributed by atoms with Crippen LogP contribution in [0.1, 0.15) is 15.2 Å². The van der Waals surface area contributed by atoms with Gasteiger partial charge in [-0.05, 0) is 36.6 Å². The van der Waals surface area contributed by atoms with Crippen LogP contribution in [0.5, 0.6) is 0 Å². The van der Waals surface area contributed by atoms with Crippen molar-refractivity contribution < 1.29 is 4.79 Å². The molecule has 1 nitrogen and oxygen atoms in total. The third-order valence-corrected chi connectivity index (χ3v) is 4.40. The van der Waals surface area contributed by atoms with E-state index in [1.165, 1.54) is 11.8 Å². The summed E-state index contributed by atoms with van der Waals surface area (Å²) in [5.41, 5.74) is 0.838. The largest absolute Gasteiger partial charge is 0.293 e. The summed E-state index contributed by atoms with van der Waals surface area (Å²) in [6, 6.07) is 9.45. The van der Waals surface area contributed by atoms with E-state index in [0.717, 1.165) is 15.3 Å². The van der Waals surface area contributed by atoms with E-state index in [9.17, 15) is 4.79 Å². The molecule has 0 saturated carbocycles. The quantitative estimate of drug-likeness (QED) is 0.598. The minimum Gasteiger partial charge on any atom is -0.293 e. The van der Waals surface area contributed by atoms with Gasteiger partial charge in [-0.1, -0.05) is 17.7 Å². The number of thiophene rings is 1. The van der Waals surface area contributed by atoms with Gasteiger partial charge in [-0.15, -0.1) is 23.1 Å². The summed E-state index contributed by atoms with van der Waals surface area (Å²) in [4.78, 5) is 14.0. The van der Waals surface area contributed by atoms with Gasteiger partial charge >= 0.3 is 0 Å². The molecular formula is C13H11ClOS2. The van der Waals surface area contributed by atoms with Crippen molar-refractivity contribution in [2.75, 3.05) is 5.75 Å². The molecule has 0 amide bonds. The highest BCUT2D eigenvalue weighted by Gasteiger charge is 2.10. The van der Waals surface area contributed by atoms with E-state index in [1.807, 2.05) is 42.6 Å². The molecule has 0 fully saturated rings. The lowest BCUT2D eigenvalue weighted by molar-refractivity contribution is 0.102. The number of halogens is 1. The molecule has 0 bridgehead atoms. The molecule has 1 aromatic heterocycles. The van der Waals surface area contributed by atoms with Crippen molar-refractivity contribution in [3.8, 4) is 0 Å². The maximum atomic E-state index is 11.9. The Morgan fingerprint density at radius 2 is 2.24 bits per heavy atom. The number of carbonyl (C=O) groups excluding carboxylic acids is 1. The first-order chi connectivity index (χ1) is 8.16. The second-order valence-corrected chi connectivity index (χ2v) is 6.17. The summed E-state index contributed by atoms with van der Waals surface area (Å²) in [6.45, 7) is 1.97. The number of ketones is 1. The predicted octanol–water partition coefficient (Wildman–Crippen LogP) is 4.68. The lowest BCUT2D eigenvalue weighted by Crippen LogP contribution is -2.01. The highest BCUT2D eigenvalue weighted by molar-refractivity contribution is 8.00. The number of hydrogen-bond donors (Lipinski definition) is 0. The molecule has 0 N–H and O–H groups in total. The van der Waals surface area contributed by atoms with Crippen LogP contribution in [-0.4, -0.2) is 11.5 Å². The molecule has 0 aliphatic heterocycles. The van der Waals surface area contributed by atoms with Gasteiger partial charge < -0.3 is 0 Å². The van der Waals surface area contributed by atoms with Crippen molar-refractivity contribution in [1.29, 1.82) is 0 Å². The topological polar surface area (TPSA) is 17.1 Å². The molecule has 0 unspecified atom stereocenters. The predicted molar refractivity (Wildman–Crippen MR) is 75.6 cm³/mol. The first kappa shape index (κ1) is 12.7. The van der Waals surface area contributed by atoms with Gasteiger partial charge in [0.1, 0.15) is 0 Å². The summed E-state index contributed by atoms with van der Waals surface area (Å²) < 4.78 is 0. The van der Waals surface area contributed by atoms with E-state index in [0.29, 0.717) is 10.8 Å². The summed E-state index contributed by atoms with van der Waals surface area (Å²) in [5.74, 6) is 0.631. The monoisotopic (exact) mass is 282 g/mol. The molecular weight excluding hydrogens is 272 g/mol. The first-order valence-corrected chi connectivity index (χ1v) is 7.37. The van der Waals surface area contributed by atoms with Crippen molar-refractivity contribution in [2.45, 2.75) is 11.8 Å². The molecule has 0 radical (unpaired) electrons. The number of aryl methyl sites for hydroxylation is 1. The van der Waals surface area contributed by atoms with Crippen molar-refractivity contribution in [3.63, 3.8) is 0 Å². The van der Waals surface area contributed by atoms with Crippen molar-refractivity contribution >= 4 is 40.5 Å². The molecule has 0 atom stereocenters. The van der Waals surface area contributed by atoms with Crippen LogP contribution in [0.15, 0.2) is 40.6 Å². The van der Waals surface area contributed by atoms with Crippen LogP contribution in [0.3, 0.4) is 0 Å². The second-order valence-electron chi connectivity index (χ2n) is 3.56. The van der Waals surface area contributed by atoms with E-state index in [1.54, 1.807) is 11.3 Å². The molecule has 0 saturated heterocycles. The molecule has 2 rings (SSSR count). The number of benzene rings is 1. The highest BCUT2D eigenvalue weighted by atomic mass is 35.5. The molecule has 88 valence electrons. The summed E-state index contributed by atoms with van der Waals surface area (Å²) in [5, 5.41) is 2.65. The van der Waals surface area contributed by atoms with Crippen LogP contribution in [0.2, 0.25) is 5.02 Å². The maximum absolute atomic E-state index is 11.9. The Morgan fingerprint density at radius 1 is 1.41 bits per heavy atom. The van der Waals surface area contributed by atoms with E-state index in [-0.39, 0.29) is 5.78 Å². The van der Waals surface area contributed by atoms with E-state index >= 15 is 0 Å². The van der Waals surface area contributed by atoms with E-state index < -0.39 is 0 Å². The molecule has 0 aliphatic rings. The highest BCUT2D eigenvalue weighted by Crippen LogP contribution is 2.24. The molecule has 2 aromatic rings. The third-order valence-electron chi connectivity index (χ3n) is 2.33. The van der Waals surface area contributed by atoms with Gasteiger partial charge in [0, 0.05) is 20.4 Å². The van der Waals surface area contributed by atoms with E-state index in [4.69, 9.17) is 11.6 Å². The van der Waals surface area contributed by atoms with Gasteiger partial charge in [-0.2, -0.15) is 0 Å². The fraction of sp³-hybridized carbons (Fsp3) is 0.154. The van der Waals surface area contributed by atoms with Crippen LogP contribution in [0.25, 0.3) is 0 Å². The van der Waals surface area contributed by atoms with Gasteiger partial charge in [-0.25, -0.2) is 0 Å². The van der Waals surface area contributed by atoms with Gasteiger partial charge in [-0.3, -0.25) is 4.79 Å². The van der Waals surface area contributed by atoms with Gasteiger partial charge in [0.05, 0.1) is 5.75 Å². The standard InChI is InChI=1S/C13H11ClOS2/c1-9-12(5-6-16-9)13(15)8-17-11-4-2-3-10(14)7-11/h2-7H,8H2,1H3. The number of hydrogen-bond acceptors (Lipinski definition) is 3. The molecule has 17 heavy (non-hydrogen) atoms. The van der Waals surface area contributed by atoms with E-state index in [2.05, 4.69) is 0 Å². The average Bonchev–Trinajstić information content (AvgIpc) is 2.72. The fourth-order valence-electron chi connectivity index (χ4n) is 1.46. The molecule has 1 heterocycles. The lowest BCUT2D eigenvalue weighted by atomic mass is 10.2. The van der Waals surface area contributed by atoms with Gasteiger partial charge in [0.15, 0.2) is 5.78 Å². The van der Waals surface area contributed by atoms with Gasteiger partial charge in [0.25, 0.3) is 0 Å². The van der Waals surface area contributed by atoms with Crippen LogP contribution in [-0.2, 0) is 0 Å². The Balaban J connectivity index is 1.99. The number of carbonyl (C=O) groups is 1. The molecule has 4 heteroatoms. The zero-order chi connectivity index (χ0) is 12.3. The summed E-state index contributed by atoms with van der Waals surface area (Å²) >= 11 is 9.01. The van der Waals surface area contributed by atoms with Crippen LogP contribution in [0, 0.1) is 6.92 Å².